The Kier molecular flexibility index (Phi) is 3.96. The van der Waals surface area contributed by atoms with Gasteiger partial charge in [-0.05, 0) is 19.9 Å². The van der Waals surface area contributed by atoms with E-state index >= 15 is 0 Å². The maximum atomic E-state index is 11.6. The zero-order chi connectivity index (χ0) is 13.1. The van der Waals surface area contributed by atoms with Gasteiger partial charge in [-0.2, -0.15) is 0 Å². The molecule has 0 aromatic heterocycles. The Labute approximate surface area is 106 Å². The molecule has 0 unspecified atom stereocenters. The summed E-state index contributed by atoms with van der Waals surface area (Å²) >= 11 is 0. The molecule has 1 saturated heterocycles. The zero-order valence-corrected chi connectivity index (χ0v) is 10.6. The number of nitrogens with zero attached hydrogens (tertiary/aromatic N) is 2. The number of carbonyl (C=O) groups is 3. The second-order valence-electron chi connectivity index (χ2n) is 4.99. The number of amides is 4. The Balaban J connectivity index is 1.83. The first-order valence-electron chi connectivity index (χ1n) is 6.42. The molecule has 6 heteroatoms. The van der Waals surface area contributed by atoms with Crippen LogP contribution >= 0.6 is 0 Å². The van der Waals surface area contributed by atoms with Crippen LogP contribution in [-0.4, -0.2) is 53.8 Å². The van der Waals surface area contributed by atoms with Gasteiger partial charge in [0.1, 0.15) is 6.42 Å². The second-order valence-corrected chi connectivity index (χ2v) is 4.99. The van der Waals surface area contributed by atoms with Crippen LogP contribution in [0.2, 0.25) is 0 Å². The fourth-order valence-corrected chi connectivity index (χ4v) is 2.59. The minimum Gasteiger partial charge on any atom is -0.302 e. The van der Waals surface area contributed by atoms with Gasteiger partial charge in [0.2, 0.25) is 11.8 Å². The summed E-state index contributed by atoms with van der Waals surface area (Å²) in [5.74, 6) is -0.908. The van der Waals surface area contributed by atoms with E-state index in [1.54, 1.807) is 0 Å². The number of rotatable bonds is 4. The van der Waals surface area contributed by atoms with Gasteiger partial charge in [-0.1, -0.05) is 12.8 Å². The number of likely N-dealkylation sites (N-methyl/N-ethyl adjacent to an activating group) is 1. The average molecular weight is 253 g/mol. The Morgan fingerprint density at radius 1 is 1.28 bits per heavy atom. The van der Waals surface area contributed by atoms with Crippen molar-refractivity contribution in [2.24, 2.45) is 0 Å². The Morgan fingerprint density at radius 3 is 2.56 bits per heavy atom. The second kappa shape index (κ2) is 5.48. The van der Waals surface area contributed by atoms with Gasteiger partial charge in [-0.25, -0.2) is 4.79 Å². The molecule has 2 fully saturated rings. The van der Waals surface area contributed by atoms with Crippen molar-refractivity contribution in [3.05, 3.63) is 0 Å². The molecule has 1 N–H and O–H groups in total. The topological polar surface area (TPSA) is 69.7 Å². The van der Waals surface area contributed by atoms with Gasteiger partial charge in [0.15, 0.2) is 0 Å². The van der Waals surface area contributed by atoms with Crippen LogP contribution in [0.5, 0.6) is 0 Å². The van der Waals surface area contributed by atoms with E-state index in [2.05, 4.69) is 10.2 Å². The fourth-order valence-electron chi connectivity index (χ4n) is 2.59. The van der Waals surface area contributed by atoms with Crippen LogP contribution < -0.4 is 5.32 Å². The van der Waals surface area contributed by atoms with Gasteiger partial charge in [-0.15, -0.1) is 0 Å². The molecular formula is C12H19N3O3. The van der Waals surface area contributed by atoms with E-state index in [9.17, 15) is 14.4 Å². The van der Waals surface area contributed by atoms with Crippen molar-refractivity contribution in [2.45, 2.75) is 38.1 Å². The van der Waals surface area contributed by atoms with Crippen LogP contribution in [0.1, 0.15) is 32.1 Å². The molecule has 2 aliphatic rings. The molecule has 6 nitrogen and oxygen atoms in total. The number of hydrogen-bond acceptors (Lipinski definition) is 4. The lowest BCUT2D eigenvalue weighted by Gasteiger charge is -2.29. The third kappa shape index (κ3) is 2.87. The molecule has 0 bridgehead atoms. The Hall–Kier alpha value is -1.43. The van der Waals surface area contributed by atoms with Crippen LogP contribution in [0, 0.1) is 0 Å². The number of urea groups is 1. The highest BCUT2D eigenvalue weighted by Gasteiger charge is 2.31. The number of carbonyl (C=O) groups excluding carboxylic acids is 3. The van der Waals surface area contributed by atoms with Gasteiger partial charge in [-0.3, -0.25) is 19.8 Å². The van der Waals surface area contributed by atoms with E-state index in [-0.39, 0.29) is 6.42 Å². The molecular weight excluding hydrogens is 234 g/mol. The minimum atomic E-state index is -0.587. The molecule has 1 saturated carbocycles. The molecule has 0 atom stereocenters. The van der Waals surface area contributed by atoms with Crippen molar-refractivity contribution in [1.82, 2.24) is 15.1 Å². The van der Waals surface area contributed by atoms with E-state index in [4.69, 9.17) is 0 Å². The molecule has 0 aromatic carbocycles. The minimum absolute atomic E-state index is 0.223. The van der Waals surface area contributed by atoms with Crippen LogP contribution in [0.25, 0.3) is 0 Å². The van der Waals surface area contributed by atoms with Crippen molar-refractivity contribution < 1.29 is 14.4 Å². The largest absolute Gasteiger partial charge is 0.330 e. The SMILES string of the molecule is CN(CCN1C(=O)CC(=O)NC1=O)C1CCCC1. The maximum absolute atomic E-state index is 11.6. The lowest BCUT2D eigenvalue weighted by molar-refractivity contribution is -0.136. The van der Waals surface area contributed by atoms with Crippen molar-refractivity contribution in [1.29, 1.82) is 0 Å². The summed E-state index contributed by atoms with van der Waals surface area (Å²) in [6, 6.07) is -0.0225. The van der Waals surface area contributed by atoms with Gasteiger partial charge in [0.05, 0.1) is 0 Å². The van der Waals surface area contributed by atoms with E-state index < -0.39 is 17.8 Å². The summed E-state index contributed by atoms with van der Waals surface area (Å²) in [7, 11) is 2.02. The Bertz CT molecular complexity index is 344. The molecule has 18 heavy (non-hydrogen) atoms. The van der Waals surface area contributed by atoms with Crippen LogP contribution in [0.3, 0.4) is 0 Å². The molecule has 100 valence electrons. The quantitative estimate of drug-likeness (QED) is 0.733. The summed E-state index contributed by atoms with van der Waals surface area (Å²) < 4.78 is 0. The smallest absolute Gasteiger partial charge is 0.302 e. The molecule has 0 aromatic rings. The fraction of sp³-hybridized carbons (Fsp3) is 0.750. The number of imide groups is 2. The highest BCUT2D eigenvalue weighted by Crippen LogP contribution is 2.22. The third-order valence-electron chi connectivity index (χ3n) is 3.73. The van der Waals surface area contributed by atoms with Crippen LogP contribution in [-0.2, 0) is 9.59 Å². The summed E-state index contributed by atoms with van der Waals surface area (Å²) in [4.78, 5) is 37.4. The van der Waals surface area contributed by atoms with Gasteiger partial charge in [0.25, 0.3) is 0 Å². The van der Waals surface area contributed by atoms with Crippen LogP contribution in [0.15, 0.2) is 0 Å². The predicted molar refractivity (Wildman–Crippen MR) is 64.8 cm³/mol. The Morgan fingerprint density at radius 2 is 1.94 bits per heavy atom. The monoisotopic (exact) mass is 253 g/mol. The highest BCUT2D eigenvalue weighted by atomic mass is 16.2. The number of hydrogen-bond donors (Lipinski definition) is 1. The summed E-state index contributed by atoms with van der Waals surface area (Å²) in [5.41, 5.74) is 0. The van der Waals surface area contributed by atoms with E-state index in [1.807, 2.05) is 7.05 Å². The lowest BCUT2D eigenvalue weighted by Crippen LogP contribution is -2.54. The lowest BCUT2D eigenvalue weighted by atomic mass is 10.2. The molecule has 1 heterocycles. The summed E-state index contributed by atoms with van der Waals surface area (Å²) in [6.45, 7) is 1.02. The standard InChI is InChI=1S/C12H19N3O3/c1-14(9-4-2-3-5-9)6-7-15-11(17)8-10(16)13-12(15)18/h9H,2-8H2,1H3,(H,13,16,18). The van der Waals surface area contributed by atoms with Crippen molar-refractivity contribution in [3.63, 3.8) is 0 Å². The molecule has 0 radical (unpaired) electrons. The first kappa shape index (κ1) is 13.0. The maximum Gasteiger partial charge on any atom is 0.330 e. The summed E-state index contributed by atoms with van der Waals surface area (Å²) in [6.07, 6.45) is 4.67. The molecule has 1 aliphatic heterocycles. The molecule has 0 spiro atoms. The van der Waals surface area contributed by atoms with E-state index in [0.717, 1.165) is 4.90 Å². The first-order chi connectivity index (χ1) is 8.58. The van der Waals surface area contributed by atoms with Gasteiger partial charge >= 0.3 is 6.03 Å². The number of barbiturate groups is 1. The first-order valence-corrected chi connectivity index (χ1v) is 6.42. The van der Waals surface area contributed by atoms with E-state index in [1.165, 1.54) is 25.7 Å². The van der Waals surface area contributed by atoms with Crippen molar-refractivity contribution >= 4 is 17.8 Å². The molecule has 2 rings (SSSR count). The molecule has 4 amide bonds. The van der Waals surface area contributed by atoms with E-state index in [0.29, 0.717) is 19.1 Å². The van der Waals surface area contributed by atoms with Gasteiger partial charge < -0.3 is 4.90 Å². The normalized spacial score (nSPS) is 21.9. The zero-order valence-electron chi connectivity index (χ0n) is 10.6. The highest BCUT2D eigenvalue weighted by molar-refractivity contribution is 6.14. The van der Waals surface area contributed by atoms with Crippen molar-refractivity contribution in [3.8, 4) is 0 Å². The van der Waals surface area contributed by atoms with Crippen LogP contribution in [0.4, 0.5) is 4.79 Å². The molecule has 1 aliphatic carbocycles. The van der Waals surface area contributed by atoms with Gasteiger partial charge in [0, 0.05) is 19.1 Å². The summed E-state index contributed by atoms with van der Waals surface area (Å²) in [5, 5.41) is 2.16. The average Bonchev–Trinajstić information content (AvgIpc) is 2.80. The van der Waals surface area contributed by atoms with Crippen molar-refractivity contribution in [2.75, 3.05) is 20.1 Å². The third-order valence-corrected chi connectivity index (χ3v) is 3.73. The predicted octanol–water partition coefficient (Wildman–Crippen LogP) is 0.329. The number of nitrogens with one attached hydrogen (secondary N) is 1.